The lowest BCUT2D eigenvalue weighted by molar-refractivity contribution is 0.0208. The lowest BCUT2D eigenvalue weighted by Crippen LogP contribution is -2.33. The van der Waals surface area contributed by atoms with Crippen LogP contribution in [-0.2, 0) is 4.74 Å². The number of morpholine rings is 1. The fourth-order valence-electron chi connectivity index (χ4n) is 1.80. The lowest BCUT2D eigenvalue weighted by atomic mass is 10.3. The van der Waals surface area contributed by atoms with Crippen molar-refractivity contribution in [3.63, 3.8) is 0 Å². The van der Waals surface area contributed by atoms with E-state index in [1.54, 1.807) is 7.11 Å². The van der Waals surface area contributed by atoms with Crippen LogP contribution in [0.1, 0.15) is 11.9 Å². The molecule has 0 radical (unpaired) electrons. The molecule has 0 spiro atoms. The van der Waals surface area contributed by atoms with E-state index in [2.05, 4.69) is 15.5 Å². The number of hydrogen-bond donors (Lipinski definition) is 1. The molecule has 0 aliphatic carbocycles. The molecule has 2 aromatic heterocycles. The van der Waals surface area contributed by atoms with Gasteiger partial charge in [-0.2, -0.15) is 4.98 Å². The monoisotopic (exact) mass is 267 g/mol. The molecular formula is C11H13N3O3S. The predicted octanol–water partition coefficient (Wildman–Crippen LogP) is 1.47. The van der Waals surface area contributed by atoms with Crippen LogP contribution >= 0.6 is 11.3 Å². The lowest BCUT2D eigenvalue weighted by Gasteiger charge is -2.20. The Balaban J connectivity index is 1.84. The molecule has 1 unspecified atom stereocenters. The topological polar surface area (TPSA) is 69.4 Å². The molecule has 3 heterocycles. The SMILES string of the molecule is COc1ccsc1-c1nc(C2CNCCO2)no1. The van der Waals surface area contributed by atoms with E-state index in [4.69, 9.17) is 14.0 Å². The summed E-state index contributed by atoms with van der Waals surface area (Å²) < 4.78 is 16.1. The van der Waals surface area contributed by atoms with Crippen molar-refractivity contribution < 1.29 is 14.0 Å². The summed E-state index contributed by atoms with van der Waals surface area (Å²) >= 11 is 1.51. The summed E-state index contributed by atoms with van der Waals surface area (Å²) in [4.78, 5) is 5.22. The summed E-state index contributed by atoms with van der Waals surface area (Å²) in [5, 5.41) is 9.13. The van der Waals surface area contributed by atoms with Gasteiger partial charge >= 0.3 is 0 Å². The molecule has 0 bridgehead atoms. The third-order valence-corrected chi connectivity index (χ3v) is 3.58. The first kappa shape index (κ1) is 11.6. The van der Waals surface area contributed by atoms with E-state index in [9.17, 15) is 0 Å². The summed E-state index contributed by atoms with van der Waals surface area (Å²) in [6.07, 6.45) is -0.137. The van der Waals surface area contributed by atoms with Gasteiger partial charge in [0, 0.05) is 13.1 Å². The Hall–Kier alpha value is -1.44. The summed E-state index contributed by atoms with van der Waals surface area (Å²) in [6.45, 7) is 2.23. The summed E-state index contributed by atoms with van der Waals surface area (Å²) in [7, 11) is 1.62. The third-order valence-electron chi connectivity index (χ3n) is 2.70. The summed E-state index contributed by atoms with van der Waals surface area (Å²) in [6, 6.07) is 1.88. The second-order valence-electron chi connectivity index (χ2n) is 3.84. The van der Waals surface area contributed by atoms with Gasteiger partial charge in [-0.1, -0.05) is 5.16 Å². The van der Waals surface area contributed by atoms with Crippen molar-refractivity contribution in [2.45, 2.75) is 6.10 Å². The number of nitrogens with zero attached hydrogens (tertiary/aromatic N) is 2. The van der Waals surface area contributed by atoms with Crippen molar-refractivity contribution in [2.24, 2.45) is 0 Å². The van der Waals surface area contributed by atoms with Gasteiger partial charge < -0.3 is 19.3 Å². The highest BCUT2D eigenvalue weighted by Gasteiger charge is 2.23. The van der Waals surface area contributed by atoms with Crippen LogP contribution < -0.4 is 10.1 Å². The Labute approximate surface area is 108 Å². The van der Waals surface area contributed by atoms with E-state index in [0.717, 1.165) is 17.2 Å². The van der Waals surface area contributed by atoms with Gasteiger partial charge in [-0.3, -0.25) is 0 Å². The van der Waals surface area contributed by atoms with Gasteiger partial charge in [-0.15, -0.1) is 11.3 Å². The Bertz CT molecular complexity index is 519. The van der Waals surface area contributed by atoms with Crippen LogP contribution in [-0.4, -0.2) is 36.9 Å². The first-order valence-corrected chi connectivity index (χ1v) is 6.54. The maximum absolute atomic E-state index is 5.58. The molecule has 0 saturated carbocycles. The van der Waals surface area contributed by atoms with Gasteiger partial charge in [0.15, 0.2) is 0 Å². The molecule has 0 aromatic carbocycles. The van der Waals surface area contributed by atoms with E-state index >= 15 is 0 Å². The molecule has 6 nitrogen and oxygen atoms in total. The standard InChI is InChI=1S/C11H13N3O3S/c1-15-7-2-5-18-9(7)11-13-10(14-17-11)8-6-12-3-4-16-8/h2,5,8,12H,3-4,6H2,1H3. The second-order valence-corrected chi connectivity index (χ2v) is 4.76. The fraction of sp³-hybridized carbons (Fsp3) is 0.455. The first-order valence-electron chi connectivity index (χ1n) is 5.66. The van der Waals surface area contributed by atoms with Gasteiger partial charge in [-0.05, 0) is 11.4 Å². The maximum atomic E-state index is 5.58. The minimum absolute atomic E-state index is 0.137. The summed E-state index contributed by atoms with van der Waals surface area (Å²) in [5.41, 5.74) is 0. The molecule has 1 fully saturated rings. The van der Waals surface area contributed by atoms with E-state index in [1.807, 2.05) is 11.4 Å². The molecule has 1 atom stereocenters. The van der Waals surface area contributed by atoms with Crippen molar-refractivity contribution in [2.75, 3.05) is 26.8 Å². The quantitative estimate of drug-likeness (QED) is 0.908. The van der Waals surface area contributed by atoms with Crippen LogP contribution in [0.15, 0.2) is 16.0 Å². The van der Waals surface area contributed by atoms with Crippen LogP contribution in [0.3, 0.4) is 0 Å². The van der Waals surface area contributed by atoms with Crippen molar-refractivity contribution in [1.82, 2.24) is 15.5 Å². The molecule has 3 rings (SSSR count). The number of methoxy groups -OCH3 is 1. The Morgan fingerprint density at radius 2 is 2.50 bits per heavy atom. The average molecular weight is 267 g/mol. The largest absolute Gasteiger partial charge is 0.495 e. The molecule has 18 heavy (non-hydrogen) atoms. The van der Waals surface area contributed by atoms with Crippen molar-refractivity contribution in [3.8, 4) is 16.5 Å². The van der Waals surface area contributed by atoms with Crippen LogP contribution in [0, 0.1) is 0 Å². The van der Waals surface area contributed by atoms with Gasteiger partial charge in [0.1, 0.15) is 16.7 Å². The average Bonchev–Trinajstić information content (AvgIpc) is 3.08. The van der Waals surface area contributed by atoms with Crippen molar-refractivity contribution in [1.29, 1.82) is 0 Å². The zero-order valence-electron chi connectivity index (χ0n) is 9.88. The molecule has 2 aromatic rings. The van der Waals surface area contributed by atoms with Crippen LogP contribution in [0.5, 0.6) is 5.75 Å². The highest BCUT2D eigenvalue weighted by molar-refractivity contribution is 7.13. The van der Waals surface area contributed by atoms with Gasteiger partial charge in [0.25, 0.3) is 5.89 Å². The smallest absolute Gasteiger partial charge is 0.271 e. The Morgan fingerprint density at radius 3 is 3.28 bits per heavy atom. The third kappa shape index (κ3) is 2.12. The Morgan fingerprint density at radius 1 is 1.56 bits per heavy atom. The molecular weight excluding hydrogens is 254 g/mol. The Kier molecular flexibility index (Phi) is 3.26. The van der Waals surface area contributed by atoms with Gasteiger partial charge in [-0.25, -0.2) is 0 Å². The minimum Gasteiger partial charge on any atom is -0.495 e. The second kappa shape index (κ2) is 5.05. The van der Waals surface area contributed by atoms with E-state index < -0.39 is 0 Å². The molecule has 96 valence electrons. The minimum atomic E-state index is -0.137. The van der Waals surface area contributed by atoms with Gasteiger partial charge in [0.05, 0.1) is 13.7 Å². The highest BCUT2D eigenvalue weighted by Crippen LogP contribution is 2.34. The van der Waals surface area contributed by atoms with Crippen LogP contribution in [0.4, 0.5) is 0 Å². The molecule has 1 saturated heterocycles. The number of ether oxygens (including phenoxy) is 2. The number of thiophene rings is 1. The molecule has 0 amide bonds. The molecule has 1 aliphatic heterocycles. The number of nitrogens with one attached hydrogen (secondary N) is 1. The highest BCUT2D eigenvalue weighted by atomic mass is 32.1. The van der Waals surface area contributed by atoms with E-state index in [1.165, 1.54) is 11.3 Å². The van der Waals surface area contributed by atoms with Crippen molar-refractivity contribution in [3.05, 3.63) is 17.3 Å². The number of aromatic nitrogens is 2. The zero-order chi connectivity index (χ0) is 12.4. The number of hydrogen-bond acceptors (Lipinski definition) is 7. The maximum Gasteiger partial charge on any atom is 0.271 e. The zero-order valence-corrected chi connectivity index (χ0v) is 10.7. The molecule has 7 heteroatoms. The molecule has 1 aliphatic rings. The fourth-order valence-corrected chi connectivity index (χ4v) is 2.58. The van der Waals surface area contributed by atoms with E-state index in [-0.39, 0.29) is 6.10 Å². The van der Waals surface area contributed by atoms with E-state index in [0.29, 0.717) is 24.9 Å². The normalized spacial score (nSPS) is 19.9. The predicted molar refractivity (Wildman–Crippen MR) is 65.7 cm³/mol. The van der Waals surface area contributed by atoms with Crippen LogP contribution in [0.25, 0.3) is 10.8 Å². The first-order chi connectivity index (χ1) is 8.88. The van der Waals surface area contributed by atoms with Gasteiger partial charge in [0.2, 0.25) is 5.82 Å². The number of rotatable bonds is 3. The van der Waals surface area contributed by atoms with Crippen LogP contribution in [0.2, 0.25) is 0 Å². The summed E-state index contributed by atoms with van der Waals surface area (Å²) in [5.74, 6) is 1.80. The molecule has 1 N–H and O–H groups in total. The van der Waals surface area contributed by atoms with Crippen molar-refractivity contribution >= 4 is 11.3 Å².